The second kappa shape index (κ2) is 5.96. The highest BCUT2D eigenvalue weighted by Crippen LogP contribution is 2.27. The van der Waals surface area contributed by atoms with Crippen LogP contribution in [0, 0.1) is 6.92 Å². The van der Waals surface area contributed by atoms with Crippen LogP contribution in [0.1, 0.15) is 5.56 Å². The van der Waals surface area contributed by atoms with Crippen LogP contribution in [0.2, 0.25) is 5.02 Å². The van der Waals surface area contributed by atoms with E-state index in [1.165, 1.54) is 0 Å². The molecule has 2 heterocycles. The predicted molar refractivity (Wildman–Crippen MR) is 90.8 cm³/mol. The van der Waals surface area contributed by atoms with Gasteiger partial charge in [-0.15, -0.1) is 0 Å². The normalized spacial score (nSPS) is 26.8. The first-order valence-electron chi connectivity index (χ1n) is 7.51. The Morgan fingerprint density at radius 2 is 1.96 bits per heavy atom. The molecule has 1 N–H and O–H groups in total. The fourth-order valence-corrected chi connectivity index (χ4v) is 5.61. The summed E-state index contributed by atoms with van der Waals surface area (Å²) in [6, 6.07) is 4.60. The molecule has 2 aliphatic rings. The Morgan fingerprint density at radius 3 is 2.65 bits per heavy atom. The number of hydrogen-bond acceptors (Lipinski definition) is 4. The van der Waals surface area contributed by atoms with Gasteiger partial charge in [-0.25, -0.2) is 13.2 Å². The molecule has 0 radical (unpaired) electrons. The number of carbonyl (C=O) groups is 1. The maximum atomic E-state index is 12.6. The molecule has 0 aliphatic carbocycles. The van der Waals surface area contributed by atoms with Gasteiger partial charge >= 0.3 is 6.03 Å². The molecule has 2 amide bonds. The van der Waals surface area contributed by atoms with Crippen molar-refractivity contribution < 1.29 is 13.2 Å². The van der Waals surface area contributed by atoms with Gasteiger partial charge in [-0.05, 0) is 37.7 Å². The summed E-state index contributed by atoms with van der Waals surface area (Å²) in [5.74, 6) is 0.160. The lowest BCUT2D eigenvalue weighted by Crippen LogP contribution is -2.60. The summed E-state index contributed by atoms with van der Waals surface area (Å²) in [6.07, 6.45) is 0. The largest absolute Gasteiger partial charge is 0.322 e. The smallest absolute Gasteiger partial charge is 0.318 e. The molecule has 3 rings (SSSR count). The van der Waals surface area contributed by atoms with E-state index in [1.54, 1.807) is 23.1 Å². The van der Waals surface area contributed by atoms with Gasteiger partial charge in [-0.1, -0.05) is 11.6 Å². The number of rotatable bonds is 1. The second-order valence-electron chi connectivity index (χ2n) is 6.27. The van der Waals surface area contributed by atoms with Gasteiger partial charge in [0, 0.05) is 29.8 Å². The fourth-order valence-electron chi connectivity index (χ4n) is 3.33. The van der Waals surface area contributed by atoms with Crippen molar-refractivity contribution in [3.63, 3.8) is 0 Å². The number of fused-ring (bicyclic) bond motifs is 1. The zero-order valence-electron chi connectivity index (χ0n) is 13.1. The maximum absolute atomic E-state index is 12.6. The number of hydrogen-bond donors (Lipinski definition) is 1. The van der Waals surface area contributed by atoms with Crippen LogP contribution in [0.3, 0.4) is 0 Å². The number of likely N-dealkylation sites (N-methyl/N-ethyl adjacent to an activating group) is 1. The van der Waals surface area contributed by atoms with E-state index in [0.29, 0.717) is 23.8 Å². The zero-order chi connectivity index (χ0) is 16.8. The van der Waals surface area contributed by atoms with Gasteiger partial charge < -0.3 is 10.2 Å². The Hall–Kier alpha value is -1.31. The molecule has 23 heavy (non-hydrogen) atoms. The van der Waals surface area contributed by atoms with E-state index in [2.05, 4.69) is 5.32 Å². The minimum absolute atomic E-state index is 0.0367. The van der Waals surface area contributed by atoms with Crippen molar-refractivity contribution in [1.82, 2.24) is 9.80 Å². The Balaban J connectivity index is 1.79. The zero-order valence-corrected chi connectivity index (χ0v) is 14.7. The van der Waals surface area contributed by atoms with E-state index in [4.69, 9.17) is 11.6 Å². The summed E-state index contributed by atoms with van der Waals surface area (Å²) >= 11 is 5.93. The lowest BCUT2D eigenvalue weighted by Gasteiger charge is -2.42. The topological polar surface area (TPSA) is 69.7 Å². The molecule has 6 nitrogen and oxygen atoms in total. The monoisotopic (exact) mass is 357 g/mol. The van der Waals surface area contributed by atoms with Crippen molar-refractivity contribution >= 4 is 33.2 Å². The quantitative estimate of drug-likeness (QED) is 0.828. The number of sulfone groups is 1. The van der Waals surface area contributed by atoms with Crippen LogP contribution >= 0.6 is 11.6 Å². The summed E-state index contributed by atoms with van der Waals surface area (Å²) in [6.45, 7) is 3.06. The highest BCUT2D eigenvalue weighted by atomic mass is 35.5. The van der Waals surface area contributed by atoms with Gasteiger partial charge in [-0.2, -0.15) is 0 Å². The van der Waals surface area contributed by atoms with Gasteiger partial charge in [0.05, 0.1) is 17.5 Å². The summed E-state index contributed by atoms with van der Waals surface area (Å²) in [4.78, 5) is 16.3. The third-order valence-corrected chi connectivity index (χ3v) is 6.58. The third-order valence-electron chi connectivity index (χ3n) is 4.64. The summed E-state index contributed by atoms with van der Waals surface area (Å²) in [5.41, 5.74) is 1.56. The van der Waals surface area contributed by atoms with Crippen molar-refractivity contribution in [2.24, 2.45) is 0 Å². The predicted octanol–water partition coefficient (Wildman–Crippen LogP) is 1.59. The highest BCUT2D eigenvalue weighted by molar-refractivity contribution is 7.91. The first kappa shape index (κ1) is 16.5. The van der Waals surface area contributed by atoms with Gasteiger partial charge in [0.25, 0.3) is 0 Å². The standard InChI is InChI=1S/C15H20ClN3O3S/c1-10-7-11(16)3-4-12(10)17-15(20)19-6-5-18(2)13-8-23(21,22)9-14(13)19/h3-4,7,13-14H,5-6,8-9H2,1-2H3,(H,17,20). The number of piperazine rings is 1. The molecule has 0 saturated carbocycles. The molecule has 2 unspecified atom stereocenters. The van der Waals surface area contributed by atoms with Crippen LogP contribution in [0.25, 0.3) is 0 Å². The molecule has 2 fully saturated rings. The van der Waals surface area contributed by atoms with Crippen molar-refractivity contribution in [2.45, 2.75) is 19.0 Å². The molecule has 0 aromatic heterocycles. The summed E-state index contributed by atoms with van der Waals surface area (Å²) in [7, 11) is -1.18. The van der Waals surface area contributed by atoms with Crippen LogP contribution in [0.5, 0.6) is 0 Å². The Morgan fingerprint density at radius 1 is 1.26 bits per heavy atom. The average Bonchev–Trinajstić information content (AvgIpc) is 2.78. The number of urea groups is 1. The Bertz CT molecular complexity index is 737. The van der Waals surface area contributed by atoms with Crippen molar-refractivity contribution in [3.8, 4) is 0 Å². The van der Waals surface area contributed by atoms with E-state index >= 15 is 0 Å². The third kappa shape index (κ3) is 3.32. The maximum Gasteiger partial charge on any atom is 0.322 e. The van der Waals surface area contributed by atoms with Crippen molar-refractivity contribution in [3.05, 3.63) is 28.8 Å². The van der Waals surface area contributed by atoms with Gasteiger partial charge in [0.1, 0.15) is 0 Å². The van der Waals surface area contributed by atoms with E-state index in [0.717, 1.165) is 5.56 Å². The van der Waals surface area contributed by atoms with Crippen LogP contribution in [-0.2, 0) is 9.84 Å². The van der Waals surface area contributed by atoms with Gasteiger partial charge in [-0.3, -0.25) is 4.90 Å². The van der Waals surface area contributed by atoms with E-state index < -0.39 is 9.84 Å². The number of nitrogens with one attached hydrogen (secondary N) is 1. The van der Waals surface area contributed by atoms with Crippen LogP contribution in [0.15, 0.2) is 18.2 Å². The fraction of sp³-hybridized carbons (Fsp3) is 0.533. The Labute approximate surface area is 141 Å². The second-order valence-corrected chi connectivity index (χ2v) is 8.87. The summed E-state index contributed by atoms with van der Waals surface area (Å²) in [5, 5.41) is 3.49. The number of carbonyl (C=O) groups excluding carboxylic acids is 1. The minimum Gasteiger partial charge on any atom is -0.318 e. The number of halogens is 1. The van der Waals surface area contributed by atoms with E-state index in [9.17, 15) is 13.2 Å². The number of anilines is 1. The van der Waals surface area contributed by atoms with Crippen LogP contribution in [0.4, 0.5) is 10.5 Å². The molecule has 2 saturated heterocycles. The van der Waals surface area contributed by atoms with E-state index in [1.807, 2.05) is 18.9 Å². The Kier molecular flexibility index (Phi) is 4.29. The molecule has 0 spiro atoms. The number of aryl methyl sites for hydroxylation is 1. The molecule has 0 bridgehead atoms. The summed E-state index contributed by atoms with van der Waals surface area (Å²) < 4.78 is 23.9. The highest BCUT2D eigenvalue weighted by Gasteiger charge is 2.46. The SMILES string of the molecule is Cc1cc(Cl)ccc1NC(=O)N1CCN(C)C2CS(=O)(=O)CC21. The lowest BCUT2D eigenvalue weighted by molar-refractivity contribution is 0.0892. The van der Waals surface area contributed by atoms with Gasteiger partial charge in [0.15, 0.2) is 9.84 Å². The number of benzene rings is 1. The van der Waals surface area contributed by atoms with Crippen LogP contribution < -0.4 is 5.32 Å². The molecule has 8 heteroatoms. The molecular weight excluding hydrogens is 338 g/mol. The minimum atomic E-state index is -3.10. The molecule has 1 aromatic carbocycles. The van der Waals surface area contributed by atoms with Crippen molar-refractivity contribution in [1.29, 1.82) is 0 Å². The average molecular weight is 358 g/mol. The number of nitrogens with zero attached hydrogens (tertiary/aromatic N) is 2. The molecule has 2 atom stereocenters. The van der Waals surface area contributed by atoms with Crippen LogP contribution in [-0.4, -0.2) is 68.0 Å². The van der Waals surface area contributed by atoms with E-state index in [-0.39, 0.29) is 29.6 Å². The molecule has 126 valence electrons. The molecule has 1 aromatic rings. The molecular formula is C15H20ClN3O3S. The number of amides is 2. The first-order chi connectivity index (χ1) is 10.8. The van der Waals surface area contributed by atoms with Crippen molar-refractivity contribution in [2.75, 3.05) is 37.0 Å². The first-order valence-corrected chi connectivity index (χ1v) is 9.71. The van der Waals surface area contributed by atoms with Gasteiger partial charge in [0.2, 0.25) is 0 Å². The molecule has 2 aliphatic heterocycles. The lowest BCUT2D eigenvalue weighted by atomic mass is 10.1.